The van der Waals surface area contributed by atoms with Gasteiger partial charge in [-0.15, -0.1) is 15.9 Å². The summed E-state index contributed by atoms with van der Waals surface area (Å²) in [4.78, 5) is 13.6. The maximum atomic E-state index is 11.0. The van der Waals surface area contributed by atoms with E-state index in [9.17, 15) is 4.79 Å². The Morgan fingerprint density at radius 3 is 2.85 bits per heavy atom. The summed E-state index contributed by atoms with van der Waals surface area (Å²) in [6, 6.07) is 2.59. The van der Waals surface area contributed by atoms with Crippen molar-refractivity contribution < 1.29 is 32.7 Å². The van der Waals surface area contributed by atoms with Gasteiger partial charge in [0, 0.05) is 39.8 Å². The van der Waals surface area contributed by atoms with Crippen molar-refractivity contribution in [3.8, 4) is 0 Å². The molecule has 1 aromatic rings. The normalized spacial score (nSPS) is 10.1. The molecule has 6 heteroatoms. The van der Waals surface area contributed by atoms with Gasteiger partial charge >= 0.3 is 0 Å². The van der Waals surface area contributed by atoms with Gasteiger partial charge in [-0.1, -0.05) is 0 Å². The number of hydrogen-bond donors (Lipinski definition) is 0. The van der Waals surface area contributed by atoms with Crippen molar-refractivity contribution in [3.63, 3.8) is 0 Å². The Labute approximate surface area is 118 Å². The average molecular weight is 381 g/mol. The van der Waals surface area contributed by atoms with Gasteiger partial charge in [-0.05, 0) is 0 Å². The predicted molar refractivity (Wildman–Crippen MR) is 52.6 cm³/mol. The van der Waals surface area contributed by atoms with Gasteiger partial charge in [0.2, 0.25) is 0 Å². The van der Waals surface area contributed by atoms with Crippen molar-refractivity contribution >= 4 is 37.9 Å². The summed E-state index contributed by atoms with van der Waals surface area (Å²) in [5.41, 5.74) is 0.308. The first-order chi connectivity index (χ1) is 5.65. The fourth-order valence-corrected chi connectivity index (χ4v) is 1.21. The van der Waals surface area contributed by atoms with Gasteiger partial charge in [0.1, 0.15) is 0 Å². The van der Waals surface area contributed by atoms with Crippen molar-refractivity contribution in [2.24, 2.45) is 7.05 Å². The molecule has 0 bridgehead atoms. The van der Waals surface area contributed by atoms with Crippen LogP contribution in [0.4, 0.5) is 0 Å². The molecule has 13 heavy (non-hydrogen) atoms. The van der Waals surface area contributed by atoms with Crippen LogP contribution in [0.5, 0.6) is 0 Å². The van der Waals surface area contributed by atoms with E-state index in [1.54, 1.807) is 13.1 Å². The molecule has 1 rings (SSSR count). The van der Waals surface area contributed by atoms with Crippen molar-refractivity contribution in [1.29, 1.82) is 0 Å². The summed E-state index contributed by atoms with van der Waals surface area (Å²) in [5, 5.41) is 3.89. The van der Waals surface area contributed by atoms with E-state index in [2.05, 4.69) is 48.0 Å². The quantitative estimate of drug-likeness (QED) is 0.692. The first-order valence-electron chi connectivity index (χ1n) is 3.00. The number of aromatic nitrogens is 2. The molecule has 0 aliphatic heterocycles. The molecule has 0 saturated heterocycles. The zero-order chi connectivity index (χ0) is 9.14. The molecule has 0 N–H and O–H groups in total. The van der Waals surface area contributed by atoms with Crippen molar-refractivity contribution in [3.05, 3.63) is 31.6 Å². The van der Waals surface area contributed by atoms with Crippen LogP contribution in [0.15, 0.2) is 9.40 Å². The predicted octanol–water partition coefficient (Wildman–Crippen LogP) is 1.51. The topological polar surface area (TPSA) is 34.9 Å². The Balaban J connectivity index is 0.00000144. The molecule has 3 nitrogen and oxygen atoms in total. The molecule has 67 valence electrons. The molecule has 1 aromatic heterocycles. The number of rotatable bonds is 1. The first kappa shape index (κ1) is 13.7. The SMILES string of the molecule is Cn1nc(Br)c(=O)[c-]c1C=[C-]Br.[Y]. The third-order valence-electron chi connectivity index (χ3n) is 1.21. The molecule has 0 spiro atoms. The van der Waals surface area contributed by atoms with Crippen molar-refractivity contribution in [1.82, 2.24) is 9.78 Å². The van der Waals surface area contributed by atoms with E-state index < -0.39 is 0 Å². The molecule has 0 aliphatic carbocycles. The van der Waals surface area contributed by atoms with Gasteiger partial charge in [-0.2, -0.15) is 0 Å². The smallest absolute Gasteiger partial charge is 0.0854 e. The Morgan fingerprint density at radius 1 is 1.69 bits per heavy atom. The monoisotopic (exact) mass is 379 g/mol. The molecule has 0 aliphatic rings. The molecule has 0 atom stereocenters. The summed E-state index contributed by atoms with van der Waals surface area (Å²) in [6.45, 7) is 0. The Kier molecular flexibility index (Phi) is 6.55. The average Bonchev–Trinajstić information content (AvgIpc) is 2.01. The second-order valence-electron chi connectivity index (χ2n) is 2.01. The number of aryl methyl sites for hydroxylation is 1. The number of hydrogen-bond acceptors (Lipinski definition) is 2. The van der Waals surface area contributed by atoms with Crippen LogP contribution in [0.1, 0.15) is 5.69 Å². The Bertz CT molecular complexity index is 375. The molecule has 1 heterocycles. The van der Waals surface area contributed by atoms with Gasteiger partial charge in [0.25, 0.3) is 0 Å². The minimum absolute atomic E-state index is 0. The van der Waals surface area contributed by atoms with Crippen LogP contribution < -0.4 is 5.43 Å². The van der Waals surface area contributed by atoms with E-state index in [1.807, 2.05) is 0 Å². The number of halogens is 2. The maximum absolute atomic E-state index is 11.0. The van der Waals surface area contributed by atoms with Crippen LogP contribution in [0, 0.1) is 11.1 Å². The van der Waals surface area contributed by atoms with E-state index in [1.165, 1.54) is 4.68 Å². The van der Waals surface area contributed by atoms with Crippen LogP contribution in [-0.2, 0) is 39.8 Å². The third-order valence-corrected chi connectivity index (χ3v) is 1.95. The van der Waals surface area contributed by atoms with Gasteiger partial charge in [-0.3, -0.25) is 4.99 Å². The van der Waals surface area contributed by atoms with E-state index in [-0.39, 0.29) is 42.7 Å². The second-order valence-corrected chi connectivity index (χ2v) is 3.22. The molecule has 0 unspecified atom stereocenters. The van der Waals surface area contributed by atoms with E-state index in [4.69, 9.17) is 0 Å². The summed E-state index contributed by atoms with van der Waals surface area (Å²) in [7, 11) is 1.72. The minimum atomic E-state index is -0.262. The van der Waals surface area contributed by atoms with Gasteiger partial charge in [0.05, 0.1) is 10.0 Å². The Morgan fingerprint density at radius 2 is 2.31 bits per heavy atom. The molecule has 0 amide bonds. The van der Waals surface area contributed by atoms with Crippen molar-refractivity contribution in [2.45, 2.75) is 0 Å². The van der Waals surface area contributed by atoms with Crippen LogP contribution >= 0.6 is 31.9 Å². The number of nitrogens with zero attached hydrogens (tertiary/aromatic N) is 2. The molecule has 0 saturated carbocycles. The van der Waals surface area contributed by atoms with E-state index in [0.717, 1.165) is 0 Å². The summed E-state index contributed by atoms with van der Waals surface area (Å²) < 4.78 is 1.79. The summed E-state index contributed by atoms with van der Waals surface area (Å²) >= 11 is 5.99. The van der Waals surface area contributed by atoms with Gasteiger partial charge in [0.15, 0.2) is 0 Å². The van der Waals surface area contributed by atoms with Crippen LogP contribution in [0.25, 0.3) is 6.08 Å². The van der Waals surface area contributed by atoms with Crippen LogP contribution in [0.3, 0.4) is 0 Å². The second kappa shape index (κ2) is 6.22. The standard InChI is InChI=1S/C7H4Br2N2O.Y/c1-11-5(2-3-8)4-6(12)7(9)10-11;/h2H,1H3;/q-2;. The molecule has 0 aromatic carbocycles. The van der Waals surface area contributed by atoms with Crippen LogP contribution in [0.2, 0.25) is 0 Å². The zero-order valence-corrected chi connectivity index (χ0v) is 12.7. The molecule has 1 radical (unpaired) electrons. The molecule has 0 fully saturated rings. The molecular formula is C7H4Br2N2OY-2. The minimum Gasteiger partial charge on any atom is -0.381 e. The summed E-state index contributed by atoms with van der Waals surface area (Å²) in [6.07, 6.45) is 1.57. The molecular weight excluding hydrogens is 377 g/mol. The van der Waals surface area contributed by atoms with Crippen LogP contribution in [-0.4, -0.2) is 9.78 Å². The fourth-order valence-electron chi connectivity index (χ4n) is 0.661. The maximum Gasteiger partial charge on any atom is 0.0854 e. The third kappa shape index (κ3) is 3.74. The first-order valence-corrected chi connectivity index (χ1v) is 4.59. The Hall–Kier alpha value is 0.684. The van der Waals surface area contributed by atoms with Gasteiger partial charge in [-0.25, -0.2) is 32.8 Å². The zero-order valence-electron chi connectivity index (χ0n) is 6.71. The van der Waals surface area contributed by atoms with E-state index >= 15 is 0 Å². The summed E-state index contributed by atoms with van der Waals surface area (Å²) in [5.74, 6) is 0. The largest absolute Gasteiger partial charge is 0.381 e. The van der Waals surface area contributed by atoms with Crippen molar-refractivity contribution in [2.75, 3.05) is 0 Å². The fraction of sp³-hybridized carbons (Fsp3) is 0.143. The van der Waals surface area contributed by atoms with E-state index in [0.29, 0.717) is 5.69 Å². The van der Waals surface area contributed by atoms with Gasteiger partial charge < -0.3 is 15.6 Å².